The van der Waals surface area contributed by atoms with Gasteiger partial charge < -0.3 is 4.74 Å². The Kier molecular flexibility index (Phi) is 6.01. The van der Waals surface area contributed by atoms with E-state index in [1.165, 1.54) is 12.5 Å². The number of nitrogens with one attached hydrogen (secondary N) is 2. The molecule has 1 aromatic rings. The van der Waals surface area contributed by atoms with Crippen molar-refractivity contribution in [2.45, 2.75) is 32.1 Å². The summed E-state index contributed by atoms with van der Waals surface area (Å²) in [7, 11) is 1.58. The molecule has 5 nitrogen and oxygen atoms in total. The van der Waals surface area contributed by atoms with Gasteiger partial charge in [0.25, 0.3) is 5.91 Å². The Morgan fingerprint density at radius 3 is 2.59 bits per heavy atom. The standard InChI is InChI=1S/C17H22N2O3/c1-22-15-10-6-5-7-13(15)11-12-16(20)18-19-17(21)14-8-3-2-4-9-14/h5-7,10-12,14H,2-4,8-9H2,1H3,(H,18,20)(H,19,21). The highest BCUT2D eigenvalue weighted by Gasteiger charge is 2.20. The lowest BCUT2D eigenvalue weighted by atomic mass is 9.89. The van der Waals surface area contributed by atoms with E-state index in [9.17, 15) is 9.59 Å². The molecule has 2 amide bonds. The number of amides is 2. The van der Waals surface area contributed by atoms with Crippen LogP contribution in [-0.4, -0.2) is 18.9 Å². The van der Waals surface area contributed by atoms with E-state index in [4.69, 9.17) is 4.74 Å². The summed E-state index contributed by atoms with van der Waals surface area (Å²) in [5.74, 6) is 0.249. The molecule has 1 fully saturated rings. The molecular formula is C17H22N2O3. The number of methoxy groups -OCH3 is 1. The molecule has 0 radical (unpaired) electrons. The molecule has 0 aromatic heterocycles. The Bertz CT molecular complexity index is 549. The van der Waals surface area contributed by atoms with Crippen molar-refractivity contribution >= 4 is 17.9 Å². The van der Waals surface area contributed by atoms with Crippen molar-refractivity contribution in [3.05, 3.63) is 35.9 Å². The molecule has 22 heavy (non-hydrogen) atoms. The van der Waals surface area contributed by atoms with E-state index in [0.29, 0.717) is 5.75 Å². The van der Waals surface area contributed by atoms with E-state index in [1.54, 1.807) is 13.2 Å². The van der Waals surface area contributed by atoms with Crippen molar-refractivity contribution in [3.8, 4) is 5.75 Å². The maximum absolute atomic E-state index is 11.9. The Morgan fingerprint density at radius 2 is 1.86 bits per heavy atom. The van der Waals surface area contributed by atoms with Gasteiger partial charge in [0, 0.05) is 17.6 Å². The van der Waals surface area contributed by atoms with Gasteiger partial charge in [-0.25, -0.2) is 0 Å². The number of rotatable bonds is 4. The summed E-state index contributed by atoms with van der Waals surface area (Å²) in [6.07, 6.45) is 8.19. The smallest absolute Gasteiger partial charge is 0.262 e. The number of carbonyl (C=O) groups excluding carboxylic acids is 2. The molecule has 1 aliphatic carbocycles. The van der Waals surface area contributed by atoms with Gasteiger partial charge in [0.1, 0.15) is 5.75 Å². The predicted octanol–water partition coefficient (Wildman–Crippen LogP) is 2.44. The summed E-state index contributed by atoms with van der Waals surface area (Å²) in [6.45, 7) is 0. The highest BCUT2D eigenvalue weighted by atomic mass is 16.5. The van der Waals surface area contributed by atoms with Gasteiger partial charge in [0.2, 0.25) is 5.91 Å². The highest BCUT2D eigenvalue weighted by Crippen LogP contribution is 2.23. The second-order valence-corrected chi connectivity index (χ2v) is 5.39. The van der Waals surface area contributed by atoms with E-state index in [-0.39, 0.29) is 17.7 Å². The quantitative estimate of drug-likeness (QED) is 0.663. The number of ether oxygens (including phenoxy) is 1. The van der Waals surface area contributed by atoms with Crippen LogP contribution in [0.4, 0.5) is 0 Å². The molecule has 2 rings (SSSR count). The lowest BCUT2D eigenvalue weighted by Gasteiger charge is -2.20. The van der Waals surface area contributed by atoms with Gasteiger partial charge in [0.05, 0.1) is 7.11 Å². The van der Waals surface area contributed by atoms with Gasteiger partial charge >= 0.3 is 0 Å². The first kappa shape index (κ1) is 16.1. The molecule has 5 heteroatoms. The van der Waals surface area contributed by atoms with Crippen molar-refractivity contribution in [1.29, 1.82) is 0 Å². The molecule has 1 saturated carbocycles. The van der Waals surface area contributed by atoms with E-state index < -0.39 is 0 Å². The Hall–Kier alpha value is -2.30. The Labute approximate surface area is 130 Å². The number of hydrazine groups is 1. The lowest BCUT2D eigenvalue weighted by molar-refractivity contribution is -0.130. The molecule has 0 spiro atoms. The van der Waals surface area contributed by atoms with Crippen LogP contribution < -0.4 is 15.6 Å². The summed E-state index contributed by atoms with van der Waals surface area (Å²) in [4.78, 5) is 23.7. The van der Waals surface area contributed by atoms with Crippen molar-refractivity contribution < 1.29 is 14.3 Å². The average Bonchev–Trinajstić information content (AvgIpc) is 2.58. The Morgan fingerprint density at radius 1 is 1.14 bits per heavy atom. The predicted molar refractivity (Wildman–Crippen MR) is 84.9 cm³/mol. The minimum absolute atomic E-state index is 0.0206. The van der Waals surface area contributed by atoms with Gasteiger partial charge in [-0.3, -0.25) is 20.4 Å². The van der Waals surface area contributed by atoms with E-state index in [0.717, 1.165) is 31.2 Å². The van der Waals surface area contributed by atoms with Crippen LogP contribution >= 0.6 is 0 Å². The molecule has 0 unspecified atom stereocenters. The van der Waals surface area contributed by atoms with Crippen LogP contribution in [0.15, 0.2) is 30.3 Å². The van der Waals surface area contributed by atoms with Crippen LogP contribution in [0.1, 0.15) is 37.7 Å². The first-order valence-electron chi connectivity index (χ1n) is 7.61. The van der Waals surface area contributed by atoms with Crippen LogP contribution in [0.5, 0.6) is 5.75 Å². The largest absolute Gasteiger partial charge is 0.496 e. The third kappa shape index (κ3) is 4.62. The van der Waals surface area contributed by atoms with Gasteiger partial charge in [-0.05, 0) is 25.0 Å². The van der Waals surface area contributed by atoms with Gasteiger partial charge in [-0.1, -0.05) is 37.5 Å². The van der Waals surface area contributed by atoms with Gasteiger partial charge in [-0.15, -0.1) is 0 Å². The zero-order chi connectivity index (χ0) is 15.8. The van der Waals surface area contributed by atoms with Crippen LogP contribution in [0.3, 0.4) is 0 Å². The first-order chi connectivity index (χ1) is 10.7. The average molecular weight is 302 g/mol. The molecular weight excluding hydrogens is 280 g/mol. The Balaban J connectivity index is 1.82. The van der Waals surface area contributed by atoms with Crippen LogP contribution in [0, 0.1) is 5.92 Å². The van der Waals surface area contributed by atoms with Crippen LogP contribution in [0.2, 0.25) is 0 Å². The summed E-state index contributed by atoms with van der Waals surface area (Å²) < 4.78 is 5.20. The van der Waals surface area contributed by atoms with E-state index >= 15 is 0 Å². The zero-order valence-electron chi connectivity index (χ0n) is 12.8. The maximum Gasteiger partial charge on any atom is 0.262 e. The summed E-state index contributed by atoms with van der Waals surface area (Å²) in [5.41, 5.74) is 5.72. The molecule has 118 valence electrons. The first-order valence-corrected chi connectivity index (χ1v) is 7.61. The molecule has 0 saturated heterocycles. The van der Waals surface area contributed by atoms with Crippen LogP contribution in [-0.2, 0) is 9.59 Å². The fraction of sp³-hybridized carbons (Fsp3) is 0.412. The number of hydrogen-bond donors (Lipinski definition) is 2. The van der Waals surface area contributed by atoms with Crippen molar-refractivity contribution in [2.24, 2.45) is 5.92 Å². The number of benzene rings is 1. The van der Waals surface area contributed by atoms with Crippen molar-refractivity contribution in [3.63, 3.8) is 0 Å². The fourth-order valence-electron chi connectivity index (χ4n) is 2.60. The lowest BCUT2D eigenvalue weighted by Crippen LogP contribution is -2.44. The minimum Gasteiger partial charge on any atom is -0.496 e. The number of hydrogen-bond acceptors (Lipinski definition) is 3. The third-order valence-electron chi connectivity index (χ3n) is 3.84. The van der Waals surface area contributed by atoms with Gasteiger partial charge in [0.15, 0.2) is 0 Å². The van der Waals surface area contributed by atoms with E-state index in [2.05, 4.69) is 10.9 Å². The molecule has 2 N–H and O–H groups in total. The molecule has 0 bridgehead atoms. The minimum atomic E-state index is -0.366. The second kappa shape index (κ2) is 8.22. The van der Waals surface area contributed by atoms with Crippen LogP contribution in [0.25, 0.3) is 6.08 Å². The van der Waals surface area contributed by atoms with E-state index in [1.807, 2.05) is 24.3 Å². The molecule has 1 aromatic carbocycles. The summed E-state index contributed by atoms with van der Waals surface area (Å²) in [6, 6.07) is 7.40. The SMILES string of the molecule is COc1ccccc1C=CC(=O)NNC(=O)C1CCCCC1. The third-order valence-corrected chi connectivity index (χ3v) is 3.84. The number of carbonyl (C=O) groups is 2. The normalized spacial score (nSPS) is 15.5. The molecule has 0 atom stereocenters. The number of para-hydroxylation sites is 1. The summed E-state index contributed by atoms with van der Waals surface area (Å²) in [5, 5.41) is 0. The fourth-order valence-corrected chi connectivity index (χ4v) is 2.60. The zero-order valence-corrected chi connectivity index (χ0v) is 12.8. The highest BCUT2D eigenvalue weighted by molar-refractivity contribution is 5.93. The molecule has 0 heterocycles. The van der Waals surface area contributed by atoms with Crippen molar-refractivity contribution in [2.75, 3.05) is 7.11 Å². The van der Waals surface area contributed by atoms with Gasteiger partial charge in [-0.2, -0.15) is 0 Å². The summed E-state index contributed by atoms with van der Waals surface area (Å²) >= 11 is 0. The molecule has 1 aliphatic rings. The topological polar surface area (TPSA) is 67.4 Å². The maximum atomic E-state index is 11.9. The molecule has 0 aliphatic heterocycles. The van der Waals surface area contributed by atoms with Crippen molar-refractivity contribution in [1.82, 2.24) is 10.9 Å². The monoisotopic (exact) mass is 302 g/mol. The second-order valence-electron chi connectivity index (χ2n) is 5.39.